The Labute approximate surface area is 45.9 Å². The lowest BCUT2D eigenvalue weighted by Crippen LogP contribution is -2.04. The summed E-state index contributed by atoms with van der Waals surface area (Å²) in [5.74, 6) is 0. The second-order valence-corrected chi connectivity index (χ2v) is 3.33. The van der Waals surface area contributed by atoms with E-state index < -0.39 is 10.8 Å². The van der Waals surface area contributed by atoms with E-state index in [4.69, 9.17) is 5.41 Å². The summed E-state index contributed by atoms with van der Waals surface area (Å²) in [6, 6.07) is 0. The maximum atomic E-state index is 10.4. The summed E-state index contributed by atoms with van der Waals surface area (Å²) in [6.07, 6.45) is 0. The fourth-order valence-corrected chi connectivity index (χ4v) is 0.408. The zero-order chi connectivity index (χ0) is 5.86. The maximum Gasteiger partial charge on any atom is 0.0821 e. The first-order valence-corrected chi connectivity index (χ1v) is 3.36. The van der Waals surface area contributed by atoms with Gasteiger partial charge in [0.2, 0.25) is 0 Å². The van der Waals surface area contributed by atoms with Gasteiger partial charge in [-0.2, -0.15) is 0 Å². The van der Waals surface area contributed by atoms with Crippen molar-refractivity contribution in [3.63, 3.8) is 0 Å². The lowest BCUT2D eigenvalue weighted by atomic mass is 10.6. The Morgan fingerprint density at radius 1 is 1.71 bits per heavy atom. The van der Waals surface area contributed by atoms with E-state index in [2.05, 4.69) is 0 Å². The topological polar surface area (TPSA) is 40.9 Å². The number of nitrogens with one attached hydrogen (secondary N) is 1. The van der Waals surface area contributed by atoms with Gasteiger partial charge in [0.05, 0.1) is 16.3 Å². The van der Waals surface area contributed by atoms with Crippen molar-refractivity contribution in [3.8, 4) is 0 Å². The molecule has 0 radical (unpaired) electrons. The van der Waals surface area contributed by atoms with E-state index in [0.29, 0.717) is 0 Å². The van der Waals surface area contributed by atoms with Gasteiger partial charge in [-0.05, 0) is 0 Å². The van der Waals surface area contributed by atoms with Gasteiger partial charge < -0.3 is 0 Å². The van der Waals surface area contributed by atoms with Gasteiger partial charge in [-0.1, -0.05) is 13.8 Å². The van der Waals surface area contributed by atoms with Gasteiger partial charge in [0.15, 0.2) is 0 Å². The van der Waals surface area contributed by atoms with Crippen LogP contribution in [-0.4, -0.2) is 15.0 Å². The molecule has 0 fully saturated rings. The molecule has 2 nitrogen and oxygen atoms in total. The molecule has 0 rings (SSSR count). The molecular formula is C4H9NOS. The lowest BCUT2D eigenvalue weighted by Gasteiger charge is -1.93. The molecule has 0 aliphatic carbocycles. The molecule has 0 spiro atoms. The van der Waals surface area contributed by atoms with Crippen LogP contribution in [0.15, 0.2) is 0 Å². The van der Waals surface area contributed by atoms with Crippen molar-refractivity contribution in [2.45, 2.75) is 19.1 Å². The zero-order valence-electron chi connectivity index (χ0n) is 4.47. The molecule has 1 atom stereocenters. The van der Waals surface area contributed by atoms with E-state index in [9.17, 15) is 4.21 Å². The van der Waals surface area contributed by atoms with Crippen molar-refractivity contribution in [3.05, 3.63) is 0 Å². The highest BCUT2D eigenvalue weighted by molar-refractivity contribution is 7.98. The zero-order valence-corrected chi connectivity index (χ0v) is 5.29. The third kappa shape index (κ3) is 2.51. The van der Waals surface area contributed by atoms with Crippen LogP contribution in [0, 0.1) is 5.41 Å². The van der Waals surface area contributed by atoms with E-state index in [-0.39, 0.29) is 5.25 Å². The first kappa shape index (κ1) is 6.82. The van der Waals surface area contributed by atoms with E-state index in [1.807, 2.05) is 13.8 Å². The number of rotatable bonds is 2. The van der Waals surface area contributed by atoms with E-state index in [1.54, 1.807) is 0 Å². The molecule has 0 saturated carbocycles. The molecule has 0 aromatic carbocycles. The van der Waals surface area contributed by atoms with Crippen LogP contribution in [0.2, 0.25) is 0 Å². The summed E-state index contributed by atoms with van der Waals surface area (Å²) in [4.78, 5) is 0. The van der Waals surface area contributed by atoms with Crippen LogP contribution in [0.3, 0.4) is 0 Å². The smallest absolute Gasteiger partial charge is 0.0821 e. The van der Waals surface area contributed by atoms with Crippen molar-refractivity contribution in [1.82, 2.24) is 0 Å². The Kier molecular flexibility index (Phi) is 2.83. The van der Waals surface area contributed by atoms with Crippen LogP contribution in [-0.2, 0) is 10.8 Å². The van der Waals surface area contributed by atoms with Crippen LogP contribution in [0.5, 0.6) is 0 Å². The van der Waals surface area contributed by atoms with Gasteiger partial charge in [0.1, 0.15) is 0 Å². The molecule has 0 aliphatic heterocycles. The number of hydrogen-bond donors (Lipinski definition) is 1. The summed E-state index contributed by atoms with van der Waals surface area (Å²) in [7, 11) is -1.04. The van der Waals surface area contributed by atoms with E-state index in [0.717, 1.165) is 5.55 Å². The molecule has 1 N–H and O–H groups in total. The van der Waals surface area contributed by atoms with E-state index >= 15 is 0 Å². The highest BCUT2D eigenvalue weighted by Gasteiger charge is 1.97. The van der Waals surface area contributed by atoms with Crippen LogP contribution in [0.4, 0.5) is 0 Å². The second-order valence-electron chi connectivity index (χ2n) is 1.50. The van der Waals surface area contributed by atoms with Crippen molar-refractivity contribution in [2.24, 2.45) is 0 Å². The van der Waals surface area contributed by atoms with Crippen LogP contribution >= 0.6 is 0 Å². The average molecular weight is 119 g/mol. The number of hydrogen-bond acceptors (Lipinski definition) is 2. The normalized spacial score (nSPS) is 14.1. The second kappa shape index (κ2) is 2.91. The summed E-state index contributed by atoms with van der Waals surface area (Å²) in [5.41, 5.74) is 0.963. The molecule has 0 bridgehead atoms. The predicted molar refractivity (Wildman–Crippen MR) is 32.1 cm³/mol. The largest absolute Gasteiger partial charge is 0.299 e. The first-order valence-electron chi connectivity index (χ1n) is 2.08. The SMILES string of the molecule is CC(C)S(=O)C=N. The van der Waals surface area contributed by atoms with Crippen molar-refractivity contribution < 1.29 is 4.21 Å². The average Bonchev–Trinajstić information content (AvgIpc) is 1.65. The maximum absolute atomic E-state index is 10.4. The fraction of sp³-hybridized carbons (Fsp3) is 0.750. The molecular weight excluding hydrogens is 110 g/mol. The standard InChI is InChI=1S/C4H9NOS/c1-4(2)7(6)3-5/h3-5H,1-2H3. The molecule has 7 heavy (non-hydrogen) atoms. The Hall–Kier alpha value is -0.180. The molecule has 3 heteroatoms. The summed E-state index contributed by atoms with van der Waals surface area (Å²) in [5, 5.41) is 6.61. The predicted octanol–water partition coefficient (Wildman–Crippen LogP) is 0.751. The van der Waals surface area contributed by atoms with Crippen LogP contribution in [0.1, 0.15) is 13.8 Å². The molecule has 0 saturated heterocycles. The minimum absolute atomic E-state index is 0.0949. The monoisotopic (exact) mass is 119 g/mol. The van der Waals surface area contributed by atoms with Crippen LogP contribution in [0.25, 0.3) is 0 Å². The van der Waals surface area contributed by atoms with E-state index in [1.165, 1.54) is 0 Å². The summed E-state index contributed by atoms with van der Waals surface area (Å²) >= 11 is 0. The van der Waals surface area contributed by atoms with Crippen molar-refractivity contribution in [2.75, 3.05) is 0 Å². The minimum atomic E-state index is -1.04. The van der Waals surface area contributed by atoms with Gasteiger partial charge in [-0.3, -0.25) is 9.62 Å². The van der Waals surface area contributed by atoms with Gasteiger partial charge in [0.25, 0.3) is 0 Å². The third-order valence-corrected chi connectivity index (χ3v) is 1.74. The van der Waals surface area contributed by atoms with Gasteiger partial charge in [-0.15, -0.1) is 0 Å². The summed E-state index contributed by atoms with van der Waals surface area (Å²) in [6.45, 7) is 3.64. The highest BCUT2D eigenvalue weighted by Crippen LogP contribution is 1.87. The lowest BCUT2D eigenvalue weighted by molar-refractivity contribution is 0.684. The Balaban J connectivity index is 3.56. The highest BCUT2D eigenvalue weighted by atomic mass is 32.2. The Morgan fingerprint density at radius 2 is 2.14 bits per heavy atom. The molecule has 0 aromatic heterocycles. The molecule has 0 amide bonds. The Morgan fingerprint density at radius 3 is 2.14 bits per heavy atom. The van der Waals surface area contributed by atoms with Crippen LogP contribution < -0.4 is 0 Å². The van der Waals surface area contributed by atoms with Gasteiger partial charge >= 0.3 is 0 Å². The van der Waals surface area contributed by atoms with Crippen molar-refractivity contribution >= 4 is 16.3 Å². The quantitative estimate of drug-likeness (QED) is 0.423. The summed E-state index contributed by atoms with van der Waals surface area (Å²) < 4.78 is 10.4. The molecule has 1 unspecified atom stereocenters. The first-order chi connectivity index (χ1) is 3.18. The third-order valence-electron chi connectivity index (χ3n) is 0.581. The van der Waals surface area contributed by atoms with Gasteiger partial charge in [-0.25, -0.2) is 0 Å². The molecule has 0 heterocycles. The minimum Gasteiger partial charge on any atom is -0.299 e. The van der Waals surface area contributed by atoms with Crippen molar-refractivity contribution in [1.29, 1.82) is 5.41 Å². The van der Waals surface area contributed by atoms with Gasteiger partial charge in [0, 0.05) is 5.25 Å². The Bertz CT molecular complexity index is 89.7. The molecule has 0 aromatic rings. The molecule has 42 valence electrons. The fourth-order valence-electron chi connectivity index (χ4n) is 0.136. The molecule has 0 aliphatic rings.